The number of oxazole rings is 1. The van der Waals surface area contributed by atoms with Crippen molar-refractivity contribution in [2.24, 2.45) is 0 Å². The average Bonchev–Trinajstić information content (AvgIpc) is 3.29. The molecule has 1 saturated heterocycles. The van der Waals surface area contributed by atoms with Crippen LogP contribution in [-0.2, 0) is 24.4 Å². The molecule has 172 valence electrons. The first-order valence-corrected chi connectivity index (χ1v) is 11.3. The molecule has 0 spiro atoms. The topological polar surface area (TPSA) is 69.9 Å². The molecule has 0 saturated carbocycles. The quantitative estimate of drug-likeness (QED) is 0.556. The van der Waals surface area contributed by atoms with E-state index >= 15 is 0 Å². The molecule has 0 aliphatic carbocycles. The van der Waals surface area contributed by atoms with E-state index in [1.54, 1.807) is 16.7 Å². The zero-order chi connectivity index (χ0) is 23.2. The number of nitrogens with zero attached hydrogens (tertiary/aromatic N) is 4. The molecule has 0 atom stereocenters. The standard InChI is InChI=1S/C26H30N4O3/c1-20-8-10-23(11-9-20)17-28(16-22-6-4-3-5-7-22)18-25-27-24(19-33-25)26(32)30-14-12-29(13-15-30)21(2)31/h3-11,19H,12-18H2,1-2H3. The Bertz CT molecular complexity index is 1070. The van der Waals surface area contributed by atoms with Gasteiger partial charge in [-0.25, -0.2) is 4.98 Å². The zero-order valence-electron chi connectivity index (χ0n) is 19.2. The molecule has 2 amide bonds. The molecule has 0 radical (unpaired) electrons. The van der Waals surface area contributed by atoms with Crippen molar-refractivity contribution >= 4 is 11.8 Å². The summed E-state index contributed by atoms with van der Waals surface area (Å²) in [6.45, 7) is 7.73. The summed E-state index contributed by atoms with van der Waals surface area (Å²) in [5.74, 6) is 0.406. The molecule has 2 heterocycles. The van der Waals surface area contributed by atoms with Crippen LogP contribution in [0, 0.1) is 6.92 Å². The summed E-state index contributed by atoms with van der Waals surface area (Å²) in [5.41, 5.74) is 3.96. The van der Waals surface area contributed by atoms with Crippen molar-refractivity contribution in [3.63, 3.8) is 0 Å². The molecule has 2 aromatic carbocycles. The number of carbonyl (C=O) groups is 2. The second kappa shape index (κ2) is 10.4. The first-order chi connectivity index (χ1) is 16.0. The fourth-order valence-electron chi connectivity index (χ4n) is 4.02. The maximum atomic E-state index is 12.9. The van der Waals surface area contributed by atoms with Gasteiger partial charge in [-0.05, 0) is 18.1 Å². The number of aryl methyl sites for hydroxylation is 1. The van der Waals surface area contributed by atoms with Gasteiger partial charge < -0.3 is 14.2 Å². The van der Waals surface area contributed by atoms with Crippen molar-refractivity contribution in [3.8, 4) is 0 Å². The van der Waals surface area contributed by atoms with E-state index in [2.05, 4.69) is 53.2 Å². The number of rotatable bonds is 7. The number of aromatic nitrogens is 1. The lowest BCUT2D eigenvalue weighted by Gasteiger charge is -2.33. The van der Waals surface area contributed by atoms with Crippen molar-refractivity contribution in [2.45, 2.75) is 33.5 Å². The molecule has 0 unspecified atom stereocenters. The van der Waals surface area contributed by atoms with Crippen LogP contribution in [0.4, 0.5) is 0 Å². The van der Waals surface area contributed by atoms with E-state index < -0.39 is 0 Å². The van der Waals surface area contributed by atoms with Gasteiger partial charge in [0.1, 0.15) is 6.26 Å². The third kappa shape index (κ3) is 6.08. The lowest BCUT2D eigenvalue weighted by molar-refractivity contribution is -0.130. The molecule has 7 nitrogen and oxygen atoms in total. The molecule has 1 aliphatic rings. The third-order valence-electron chi connectivity index (χ3n) is 5.92. The Morgan fingerprint density at radius 2 is 1.48 bits per heavy atom. The Morgan fingerprint density at radius 3 is 2.12 bits per heavy atom. The molecule has 33 heavy (non-hydrogen) atoms. The summed E-state index contributed by atoms with van der Waals surface area (Å²) >= 11 is 0. The van der Waals surface area contributed by atoms with Crippen molar-refractivity contribution < 1.29 is 14.0 Å². The number of benzene rings is 2. The van der Waals surface area contributed by atoms with Gasteiger partial charge in [0.25, 0.3) is 5.91 Å². The molecule has 0 N–H and O–H groups in total. The summed E-state index contributed by atoms with van der Waals surface area (Å²) in [6, 6.07) is 18.8. The molecule has 1 fully saturated rings. The van der Waals surface area contributed by atoms with Crippen LogP contribution in [0.1, 0.15) is 40.0 Å². The molecule has 0 bridgehead atoms. The summed E-state index contributed by atoms with van der Waals surface area (Å²) < 4.78 is 5.70. The lowest BCUT2D eigenvalue weighted by atomic mass is 10.1. The van der Waals surface area contributed by atoms with Crippen molar-refractivity contribution in [1.29, 1.82) is 0 Å². The normalized spacial score (nSPS) is 14.0. The van der Waals surface area contributed by atoms with Crippen molar-refractivity contribution in [2.75, 3.05) is 26.2 Å². The Kier molecular flexibility index (Phi) is 7.19. The minimum Gasteiger partial charge on any atom is -0.447 e. The van der Waals surface area contributed by atoms with Gasteiger partial charge >= 0.3 is 0 Å². The highest BCUT2D eigenvalue weighted by Gasteiger charge is 2.25. The van der Waals surface area contributed by atoms with Crippen LogP contribution in [0.2, 0.25) is 0 Å². The fraction of sp³-hybridized carbons (Fsp3) is 0.346. The van der Waals surface area contributed by atoms with E-state index in [0.717, 1.165) is 13.1 Å². The van der Waals surface area contributed by atoms with Crippen molar-refractivity contribution in [1.82, 2.24) is 19.7 Å². The second-order valence-electron chi connectivity index (χ2n) is 8.54. The van der Waals surface area contributed by atoms with E-state index in [4.69, 9.17) is 4.42 Å². The first-order valence-electron chi connectivity index (χ1n) is 11.3. The summed E-state index contributed by atoms with van der Waals surface area (Å²) in [4.78, 5) is 34.6. The Labute approximate surface area is 194 Å². The average molecular weight is 447 g/mol. The maximum absolute atomic E-state index is 12.9. The summed E-state index contributed by atoms with van der Waals surface area (Å²) in [5, 5.41) is 0. The van der Waals surface area contributed by atoms with E-state index in [0.29, 0.717) is 44.3 Å². The largest absolute Gasteiger partial charge is 0.447 e. The molecule has 1 aromatic heterocycles. The predicted octanol–water partition coefficient (Wildman–Crippen LogP) is 3.49. The monoisotopic (exact) mass is 446 g/mol. The molecule has 1 aliphatic heterocycles. The van der Waals surface area contributed by atoms with E-state index in [9.17, 15) is 9.59 Å². The highest BCUT2D eigenvalue weighted by molar-refractivity contribution is 5.92. The number of amides is 2. The summed E-state index contributed by atoms with van der Waals surface area (Å²) in [6.07, 6.45) is 1.45. The van der Waals surface area contributed by atoms with Gasteiger partial charge in [-0.15, -0.1) is 0 Å². The zero-order valence-corrected chi connectivity index (χ0v) is 19.2. The minimum atomic E-state index is -0.152. The van der Waals surface area contributed by atoms with Crippen molar-refractivity contribution in [3.05, 3.63) is 89.1 Å². The van der Waals surface area contributed by atoms with Crippen LogP contribution < -0.4 is 0 Å². The molecule has 4 rings (SSSR count). The van der Waals surface area contributed by atoms with Crippen LogP contribution in [0.25, 0.3) is 0 Å². The second-order valence-corrected chi connectivity index (χ2v) is 8.54. The van der Waals surface area contributed by atoms with Crippen LogP contribution in [0.3, 0.4) is 0 Å². The highest BCUT2D eigenvalue weighted by Crippen LogP contribution is 2.16. The number of carbonyl (C=O) groups excluding carboxylic acids is 2. The maximum Gasteiger partial charge on any atom is 0.275 e. The molecule has 7 heteroatoms. The van der Waals surface area contributed by atoms with Gasteiger partial charge in [0.05, 0.1) is 6.54 Å². The minimum absolute atomic E-state index is 0.0397. The number of hydrogen-bond donors (Lipinski definition) is 0. The van der Waals surface area contributed by atoms with Crippen LogP contribution in [0.15, 0.2) is 65.3 Å². The van der Waals surface area contributed by atoms with Gasteiger partial charge in [-0.1, -0.05) is 60.2 Å². The smallest absolute Gasteiger partial charge is 0.275 e. The van der Waals surface area contributed by atoms with Crippen LogP contribution in [0.5, 0.6) is 0 Å². The van der Waals surface area contributed by atoms with E-state index in [1.807, 2.05) is 18.2 Å². The fourth-order valence-corrected chi connectivity index (χ4v) is 4.02. The van der Waals surface area contributed by atoms with Gasteiger partial charge in [0, 0.05) is 46.2 Å². The molecule has 3 aromatic rings. The predicted molar refractivity (Wildman–Crippen MR) is 125 cm³/mol. The first kappa shape index (κ1) is 22.7. The van der Waals surface area contributed by atoms with E-state index in [1.165, 1.54) is 23.0 Å². The third-order valence-corrected chi connectivity index (χ3v) is 5.92. The number of hydrogen-bond acceptors (Lipinski definition) is 5. The van der Waals surface area contributed by atoms with Crippen LogP contribution in [-0.4, -0.2) is 57.7 Å². The molecular formula is C26H30N4O3. The van der Waals surface area contributed by atoms with Crippen LogP contribution >= 0.6 is 0 Å². The van der Waals surface area contributed by atoms with Gasteiger partial charge in [0.15, 0.2) is 5.69 Å². The lowest BCUT2D eigenvalue weighted by Crippen LogP contribution is -2.50. The van der Waals surface area contributed by atoms with Gasteiger partial charge in [-0.2, -0.15) is 0 Å². The van der Waals surface area contributed by atoms with Gasteiger partial charge in [0.2, 0.25) is 11.8 Å². The molecular weight excluding hydrogens is 416 g/mol. The SMILES string of the molecule is CC(=O)N1CCN(C(=O)c2coc(CN(Cc3ccccc3)Cc3ccc(C)cc3)n2)CC1. The Morgan fingerprint density at radius 1 is 0.879 bits per heavy atom. The Balaban J connectivity index is 1.43. The van der Waals surface area contributed by atoms with Gasteiger partial charge in [-0.3, -0.25) is 14.5 Å². The highest BCUT2D eigenvalue weighted by atomic mass is 16.3. The Hall–Kier alpha value is -3.45. The van der Waals surface area contributed by atoms with E-state index in [-0.39, 0.29) is 11.8 Å². The summed E-state index contributed by atoms with van der Waals surface area (Å²) in [7, 11) is 0. The number of piperazine rings is 1.